The van der Waals surface area contributed by atoms with Crippen LogP contribution in [0.2, 0.25) is 0 Å². The average molecular weight is 154 g/mol. The molecule has 0 unspecified atom stereocenters. The van der Waals surface area contributed by atoms with Gasteiger partial charge in [-0.25, -0.2) is 0 Å². The predicted octanol–water partition coefficient (Wildman–Crippen LogP) is 1.97. The zero-order valence-electron chi connectivity index (χ0n) is 7.86. The number of rotatable bonds is 4. The minimum absolute atomic E-state index is 0.483. The van der Waals surface area contributed by atoms with Gasteiger partial charge in [-0.2, -0.15) is 0 Å². The van der Waals surface area contributed by atoms with Gasteiger partial charge in [0, 0.05) is 17.4 Å². The van der Waals surface area contributed by atoms with Crippen molar-refractivity contribution >= 4 is 0 Å². The van der Waals surface area contributed by atoms with Crippen LogP contribution in [0.5, 0.6) is 0 Å². The van der Waals surface area contributed by atoms with Gasteiger partial charge in [0.25, 0.3) is 0 Å². The number of hydrogen-bond donors (Lipinski definition) is 2. The molecule has 0 aromatic carbocycles. The molecule has 0 aliphatic heterocycles. The molecule has 0 fully saturated rings. The first-order valence-corrected chi connectivity index (χ1v) is 3.89. The van der Waals surface area contributed by atoms with Crippen molar-refractivity contribution in [1.82, 2.24) is 10.6 Å². The van der Waals surface area contributed by atoms with Gasteiger partial charge < -0.3 is 10.6 Å². The van der Waals surface area contributed by atoms with Crippen LogP contribution >= 0.6 is 0 Å². The highest BCUT2D eigenvalue weighted by atomic mass is 15.0. The first kappa shape index (κ1) is 10.1. The molecule has 0 saturated carbocycles. The van der Waals surface area contributed by atoms with Gasteiger partial charge in [0.15, 0.2) is 0 Å². The molecule has 64 valence electrons. The van der Waals surface area contributed by atoms with Gasteiger partial charge in [0.05, 0.1) is 0 Å². The van der Waals surface area contributed by atoms with E-state index in [0.717, 1.165) is 5.70 Å². The molecule has 0 saturated heterocycles. The molecule has 2 heteroatoms. The molecular weight excluding hydrogens is 136 g/mol. The Labute approximate surface area is 69.4 Å². The van der Waals surface area contributed by atoms with E-state index >= 15 is 0 Å². The third-order valence-corrected chi connectivity index (χ3v) is 1.39. The van der Waals surface area contributed by atoms with Crippen LogP contribution < -0.4 is 10.6 Å². The molecule has 0 amide bonds. The lowest BCUT2D eigenvalue weighted by Crippen LogP contribution is -2.23. The smallest absolute Gasteiger partial charge is 0.0304 e. The molecule has 0 heterocycles. The van der Waals surface area contributed by atoms with Crippen LogP contribution in [0.1, 0.15) is 27.7 Å². The van der Waals surface area contributed by atoms with Crippen molar-refractivity contribution in [3.8, 4) is 0 Å². The molecule has 0 aromatic heterocycles. The van der Waals surface area contributed by atoms with Gasteiger partial charge in [-0.3, -0.25) is 0 Å². The van der Waals surface area contributed by atoms with Crippen LogP contribution in [-0.2, 0) is 0 Å². The zero-order chi connectivity index (χ0) is 8.85. The Balaban J connectivity index is 4.03. The van der Waals surface area contributed by atoms with Gasteiger partial charge >= 0.3 is 0 Å². The average Bonchev–Trinajstić information content (AvgIpc) is 1.86. The lowest BCUT2D eigenvalue weighted by molar-refractivity contribution is 0.658. The highest BCUT2D eigenvalue weighted by molar-refractivity contribution is 5.08. The van der Waals surface area contributed by atoms with Crippen molar-refractivity contribution in [2.45, 2.75) is 33.7 Å². The van der Waals surface area contributed by atoms with E-state index in [-0.39, 0.29) is 0 Å². The highest BCUT2D eigenvalue weighted by Gasteiger charge is 1.95. The summed E-state index contributed by atoms with van der Waals surface area (Å²) in [6, 6.07) is 0.483. The van der Waals surface area contributed by atoms with Crippen molar-refractivity contribution in [2.24, 2.45) is 0 Å². The van der Waals surface area contributed by atoms with Crippen molar-refractivity contribution in [2.75, 3.05) is 0 Å². The molecular formula is C9H18N2. The fraction of sp³-hybridized carbons (Fsp3) is 0.556. The standard InChI is InChI=1S/C9H18N2/c1-6-10-8(4)9(5)11-7(2)3/h6-7,10-11H,1H2,2-5H3/b9-8-. The van der Waals surface area contributed by atoms with E-state index in [2.05, 4.69) is 31.1 Å². The summed E-state index contributed by atoms with van der Waals surface area (Å²) in [4.78, 5) is 0. The van der Waals surface area contributed by atoms with Crippen molar-refractivity contribution in [1.29, 1.82) is 0 Å². The Morgan fingerprint density at radius 1 is 1.27 bits per heavy atom. The molecule has 0 radical (unpaired) electrons. The lowest BCUT2D eigenvalue weighted by atomic mass is 10.3. The van der Waals surface area contributed by atoms with Crippen LogP contribution in [-0.4, -0.2) is 6.04 Å². The fourth-order valence-corrected chi connectivity index (χ4v) is 0.803. The van der Waals surface area contributed by atoms with E-state index in [1.807, 2.05) is 13.8 Å². The Bertz CT molecular complexity index is 157. The SMILES string of the molecule is C=CN/C(C)=C(/C)NC(C)C. The fourth-order valence-electron chi connectivity index (χ4n) is 0.803. The Morgan fingerprint density at radius 2 is 1.82 bits per heavy atom. The summed E-state index contributed by atoms with van der Waals surface area (Å²) in [5.41, 5.74) is 2.29. The largest absolute Gasteiger partial charge is 0.385 e. The van der Waals surface area contributed by atoms with Crippen LogP contribution in [0.25, 0.3) is 0 Å². The summed E-state index contributed by atoms with van der Waals surface area (Å²) < 4.78 is 0. The van der Waals surface area contributed by atoms with Crippen LogP contribution in [0, 0.1) is 0 Å². The molecule has 0 spiro atoms. The lowest BCUT2D eigenvalue weighted by Gasteiger charge is -2.13. The summed E-state index contributed by atoms with van der Waals surface area (Å²) >= 11 is 0. The summed E-state index contributed by atoms with van der Waals surface area (Å²) in [5.74, 6) is 0. The maximum atomic E-state index is 3.59. The number of hydrogen-bond acceptors (Lipinski definition) is 2. The van der Waals surface area contributed by atoms with Crippen molar-refractivity contribution < 1.29 is 0 Å². The summed E-state index contributed by atoms with van der Waals surface area (Å²) in [6.45, 7) is 11.9. The Hall–Kier alpha value is -0.920. The van der Waals surface area contributed by atoms with Gasteiger partial charge in [-0.15, -0.1) is 0 Å². The highest BCUT2D eigenvalue weighted by Crippen LogP contribution is 1.96. The van der Waals surface area contributed by atoms with Gasteiger partial charge in [0.1, 0.15) is 0 Å². The van der Waals surface area contributed by atoms with E-state index < -0.39 is 0 Å². The monoisotopic (exact) mass is 154 g/mol. The predicted molar refractivity (Wildman–Crippen MR) is 50.0 cm³/mol. The van der Waals surface area contributed by atoms with E-state index in [4.69, 9.17) is 0 Å². The Morgan fingerprint density at radius 3 is 2.18 bits per heavy atom. The molecule has 2 nitrogen and oxygen atoms in total. The van der Waals surface area contributed by atoms with Gasteiger partial charge in [0.2, 0.25) is 0 Å². The molecule has 0 aromatic rings. The number of nitrogens with one attached hydrogen (secondary N) is 2. The number of allylic oxidation sites excluding steroid dienone is 2. The molecule has 0 atom stereocenters. The quantitative estimate of drug-likeness (QED) is 0.647. The zero-order valence-corrected chi connectivity index (χ0v) is 7.86. The topological polar surface area (TPSA) is 24.1 Å². The van der Waals surface area contributed by atoms with Gasteiger partial charge in [-0.05, 0) is 33.9 Å². The molecule has 0 bridgehead atoms. The van der Waals surface area contributed by atoms with Crippen LogP contribution in [0.3, 0.4) is 0 Å². The normalized spacial score (nSPS) is 12.5. The van der Waals surface area contributed by atoms with Crippen molar-refractivity contribution in [3.63, 3.8) is 0 Å². The van der Waals surface area contributed by atoms with E-state index in [1.165, 1.54) is 5.70 Å². The first-order chi connectivity index (χ1) is 5.07. The first-order valence-electron chi connectivity index (χ1n) is 3.89. The van der Waals surface area contributed by atoms with E-state index in [0.29, 0.717) is 6.04 Å². The minimum Gasteiger partial charge on any atom is -0.385 e. The molecule has 0 aliphatic rings. The molecule has 0 aliphatic carbocycles. The van der Waals surface area contributed by atoms with Crippen LogP contribution in [0.4, 0.5) is 0 Å². The second kappa shape index (κ2) is 4.83. The van der Waals surface area contributed by atoms with E-state index in [1.54, 1.807) is 6.20 Å². The second-order valence-corrected chi connectivity index (χ2v) is 2.90. The minimum atomic E-state index is 0.483. The summed E-state index contributed by atoms with van der Waals surface area (Å²) in [6.07, 6.45) is 1.68. The third kappa shape index (κ3) is 4.48. The second-order valence-electron chi connectivity index (χ2n) is 2.90. The summed E-state index contributed by atoms with van der Waals surface area (Å²) in [7, 11) is 0. The van der Waals surface area contributed by atoms with Crippen molar-refractivity contribution in [3.05, 3.63) is 24.2 Å². The molecule has 2 N–H and O–H groups in total. The third-order valence-electron chi connectivity index (χ3n) is 1.39. The summed E-state index contributed by atoms with van der Waals surface area (Å²) in [5, 5.41) is 6.33. The Kier molecular flexibility index (Phi) is 4.42. The molecule has 0 rings (SSSR count). The van der Waals surface area contributed by atoms with E-state index in [9.17, 15) is 0 Å². The maximum absolute atomic E-state index is 3.59. The molecule has 11 heavy (non-hydrogen) atoms. The maximum Gasteiger partial charge on any atom is 0.0304 e. The van der Waals surface area contributed by atoms with Crippen LogP contribution in [0.15, 0.2) is 24.2 Å². The van der Waals surface area contributed by atoms with Gasteiger partial charge in [-0.1, -0.05) is 6.58 Å².